The number of nitrogens with zero attached hydrogens (tertiary/aromatic N) is 6. The number of carbonyl (C=O) groups is 2. The number of hydrogen-bond donors (Lipinski definition) is 1. The minimum Gasteiger partial charge on any atom is -0.482 e. The standard InChI is InChI=1S/C20H19N7O4/c1-10-8-15(22-19(29)16-11(2)30-13-6-4-5-7-14(13)31-16)27(25-10)20-23-17-12(18(28)24-20)9-21-26(17)3/h4-9,11-12,16H,1-3H3,(H,22,29). The van der Waals surface area contributed by atoms with Crippen molar-refractivity contribution in [2.75, 3.05) is 12.4 Å². The molecular weight excluding hydrogens is 402 g/mol. The second-order valence-corrected chi connectivity index (χ2v) is 7.37. The zero-order chi connectivity index (χ0) is 21.7. The van der Waals surface area contributed by atoms with Crippen molar-refractivity contribution in [3.8, 4) is 11.5 Å². The summed E-state index contributed by atoms with van der Waals surface area (Å²) in [5.74, 6) is 0.485. The largest absolute Gasteiger partial charge is 0.482 e. The van der Waals surface area contributed by atoms with Gasteiger partial charge in [-0.25, -0.2) is 0 Å². The van der Waals surface area contributed by atoms with Crippen LogP contribution in [0.3, 0.4) is 0 Å². The van der Waals surface area contributed by atoms with Crippen LogP contribution >= 0.6 is 0 Å². The molecule has 11 nitrogen and oxygen atoms in total. The molecule has 0 radical (unpaired) electrons. The van der Waals surface area contributed by atoms with Gasteiger partial charge in [-0.05, 0) is 26.0 Å². The first kappa shape index (κ1) is 19.0. The second kappa shape index (κ2) is 7.04. The molecular formula is C20H19N7O4. The SMILES string of the molecule is Cc1cc(NC(=O)C2Oc3ccccc3OC2C)n(C2=NC(=O)C3C=NN(C)C3=N2)n1. The molecule has 0 bridgehead atoms. The zero-order valence-corrected chi connectivity index (χ0v) is 17.0. The summed E-state index contributed by atoms with van der Waals surface area (Å²) < 4.78 is 13.0. The molecule has 3 atom stereocenters. The van der Waals surface area contributed by atoms with Crippen molar-refractivity contribution in [1.82, 2.24) is 14.8 Å². The second-order valence-electron chi connectivity index (χ2n) is 7.37. The highest BCUT2D eigenvalue weighted by molar-refractivity contribution is 6.24. The molecule has 158 valence electrons. The van der Waals surface area contributed by atoms with Gasteiger partial charge in [0.2, 0.25) is 6.10 Å². The van der Waals surface area contributed by atoms with Crippen molar-refractivity contribution in [1.29, 1.82) is 0 Å². The fraction of sp³-hybridized carbons (Fsp3) is 0.300. The Labute approximate surface area is 177 Å². The smallest absolute Gasteiger partial charge is 0.270 e. The molecule has 4 heterocycles. The lowest BCUT2D eigenvalue weighted by atomic mass is 10.1. The van der Waals surface area contributed by atoms with Gasteiger partial charge in [-0.1, -0.05) is 12.1 Å². The lowest BCUT2D eigenvalue weighted by Gasteiger charge is -2.31. The Hall–Kier alpha value is -4.02. The van der Waals surface area contributed by atoms with Crippen LogP contribution in [0.1, 0.15) is 12.6 Å². The summed E-state index contributed by atoms with van der Waals surface area (Å²) in [7, 11) is 1.70. The summed E-state index contributed by atoms with van der Waals surface area (Å²) >= 11 is 0. The predicted molar refractivity (Wildman–Crippen MR) is 112 cm³/mol. The van der Waals surface area contributed by atoms with Gasteiger partial charge in [-0.15, -0.1) is 0 Å². The van der Waals surface area contributed by atoms with E-state index in [1.54, 1.807) is 45.2 Å². The van der Waals surface area contributed by atoms with Gasteiger partial charge >= 0.3 is 0 Å². The number of anilines is 1. The molecule has 1 aromatic heterocycles. The summed E-state index contributed by atoms with van der Waals surface area (Å²) in [5.41, 5.74) is 0.614. The number of carbonyl (C=O) groups excluding carboxylic acids is 2. The number of fused-ring (bicyclic) bond motifs is 2. The number of para-hydroxylation sites is 2. The first-order valence-corrected chi connectivity index (χ1v) is 9.70. The minimum atomic E-state index is -0.876. The van der Waals surface area contributed by atoms with Crippen molar-refractivity contribution in [2.45, 2.75) is 26.1 Å². The van der Waals surface area contributed by atoms with E-state index in [-0.39, 0.29) is 5.96 Å². The molecule has 0 fully saturated rings. The number of rotatable bonds is 2. The van der Waals surface area contributed by atoms with E-state index >= 15 is 0 Å². The topological polar surface area (TPSA) is 123 Å². The molecule has 1 N–H and O–H groups in total. The Morgan fingerprint density at radius 1 is 1.16 bits per heavy atom. The lowest BCUT2D eigenvalue weighted by Crippen LogP contribution is -2.46. The Morgan fingerprint density at radius 2 is 1.90 bits per heavy atom. The highest BCUT2D eigenvalue weighted by Crippen LogP contribution is 2.33. The monoisotopic (exact) mass is 421 g/mol. The Balaban J connectivity index is 1.41. The summed E-state index contributed by atoms with van der Waals surface area (Å²) in [6.45, 7) is 3.52. The van der Waals surface area contributed by atoms with Crippen LogP contribution in [0.15, 0.2) is 45.4 Å². The van der Waals surface area contributed by atoms with Gasteiger partial charge in [0.1, 0.15) is 23.7 Å². The fourth-order valence-electron chi connectivity index (χ4n) is 3.54. The van der Waals surface area contributed by atoms with E-state index in [2.05, 4.69) is 25.5 Å². The first-order valence-electron chi connectivity index (χ1n) is 9.70. The normalized spacial score (nSPS) is 23.9. The number of hydrogen-bond acceptors (Lipinski definition) is 8. The molecule has 2 aromatic rings. The lowest BCUT2D eigenvalue weighted by molar-refractivity contribution is -0.128. The Morgan fingerprint density at radius 3 is 2.68 bits per heavy atom. The maximum Gasteiger partial charge on any atom is 0.270 e. The van der Waals surface area contributed by atoms with Crippen LogP contribution < -0.4 is 14.8 Å². The molecule has 11 heteroatoms. The molecule has 31 heavy (non-hydrogen) atoms. The van der Waals surface area contributed by atoms with E-state index < -0.39 is 29.9 Å². The summed E-state index contributed by atoms with van der Waals surface area (Å²) in [6, 6.07) is 8.83. The molecule has 3 aliphatic heterocycles. The maximum atomic E-state index is 13.0. The fourth-order valence-corrected chi connectivity index (χ4v) is 3.54. The maximum absolute atomic E-state index is 13.0. The summed E-state index contributed by atoms with van der Waals surface area (Å²) in [5, 5.41) is 12.7. The highest BCUT2D eigenvalue weighted by Gasteiger charge is 2.37. The predicted octanol–water partition coefficient (Wildman–Crippen LogP) is 1.05. The Bertz CT molecular complexity index is 1180. The minimum absolute atomic E-state index is 0.0520. The number of amides is 2. The number of aromatic nitrogens is 2. The molecule has 5 rings (SSSR count). The number of nitrogens with one attached hydrogen (secondary N) is 1. The van der Waals surface area contributed by atoms with Gasteiger partial charge in [0.15, 0.2) is 11.5 Å². The van der Waals surface area contributed by atoms with Crippen LogP contribution in [0, 0.1) is 12.8 Å². The van der Waals surface area contributed by atoms with Gasteiger partial charge in [-0.3, -0.25) is 14.6 Å². The van der Waals surface area contributed by atoms with Gasteiger partial charge in [0.25, 0.3) is 17.8 Å². The van der Waals surface area contributed by atoms with E-state index in [9.17, 15) is 9.59 Å². The average Bonchev–Trinajstić information content (AvgIpc) is 3.30. The number of ether oxygens (including phenoxy) is 2. The molecule has 0 spiro atoms. The van der Waals surface area contributed by atoms with Crippen molar-refractivity contribution in [3.05, 3.63) is 36.0 Å². The van der Waals surface area contributed by atoms with Crippen LogP contribution in [-0.2, 0) is 9.59 Å². The van der Waals surface area contributed by atoms with Gasteiger partial charge in [0, 0.05) is 19.3 Å². The number of aryl methyl sites for hydroxylation is 1. The number of benzene rings is 1. The van der Waals surface area contributed by atoms with Crippen LogP contribution in [0.5, 0.6) is 11.5 Å². The quantitative estimate of drug-likeness (QED) is 0.773. The van der Waals surface area contributed by atoms with E-state index in [0.717, 1.165) is 0 Å². The van der Waals surface area contributed by atoms with Crippen molar-refractivity contribution >= 4 is 35.6 Å². The summed E-state index contributed by atoms with van der Waals surface area (Å²) in [4.78, 5) is 33.9. The molecule has 1 aromatic carbocycles. The van der Waals surface area contributed by atoms with Gasteiger partial charge in [0.05, 0.1) is 5.69 Å². The first-order chi connectivity index (χ1) is 14.9. The van der Waals surface area contributed by atoms with Crippen molar-refractivity contribution in [2.24, 2.45) is 21.0 Å². The van der Waals surface area contributed by atoms with Crippen molar-refractivity contribution < 1.29 is 19.1 Å². The van der Waals surface area contributed by atoms with Crippen molar-refractivity contribution in [3.63, 3.8) is 0 Å². The molecule has 0 saturated heterocycles. The zero-order valence-electron chi connectivity index (χ0n) is 17.0. The van der Waals surface area contributed by atoms with Crippen LogP contribution in [0.4, 0.5) is 5.82 Å². The average molecular weight is 421 g/mol. The third kappa shape index (κ3) is 3.23. The summed E-state index contributed by atoms with van der Waals surface area (Å²) in [6.07, 6.45) is 0.114. The van der Waals surface area contributed by atoms with Gasteiger partial charge in [-0.2, -0.15) is 24.9 Å². The number of hydrazone groups is 1. The third-order valence-electron chi connectivity index (χ3n) is 5.06. The molecule has 3 unspecified atom stereocenters. The molecule has 2 amide bonds. The van der Waals surface area contributed by atoms with E-state index in [1.807, 2.05) is 6.07 Å². The third-order valence-corrected chi connectivity index (χ3v) is 5.06. The molecule has 0 aliphatic carbocycles. The van der Waals surface area contributed by atoms with E-state index in [1.165, 1.54) is 15.9 Å². The van der Waals surface area contributed by atoms with Crippen LogP contribution in [0.25, 0.3) is 0 Å². The number of amidine groups is 1. The van der Waals surface area contributed by atoms with Gasteiger partial charge < -0.3 is 14.8 Å². The molecule has 3 aliphatic rings. The van der Waals surface area contributed by atoms with E-state index in [0.29, 0.717) is 28.8 Å². The Kier molecular flexibility index (Phi) is 4.31. The van der Waals surface area contributed by atoms with E-state index in [4.69, 9.17) is 9.47 Å². The number of aliphatic imine (C=N–C) groups is 2. The highest BCUT2D eigenvalue weighted by atomic mass is 16.6. The van der Waals surface area contributed by atoms with Crippen LogP contribution in [0.2, 0.25) is 0 Å². The molecule has 0 saturated carbocycles. The van der Waals surface area contributed by atoms with Crippen LogP contribution in [-0.4, -0.2) is 63.9 Å².